The summed E-state index contributed by atoms with van der Waals surface area (Å²) in [5.41, 5.74) is 1.98. The van der Waals surface area contributed by atoms with Gasteiger partial charge in [-0.2, -0.15) is 0 Å². The van der Waals surface area contributed by atoms with Gasteiger partial charge in [0.25, 0.3) is 5.91 Å². The summed E-state index contributed by atoms with van der Waals surface area (Å²) < 4.78 is 0. The molecule has 2 aromatic carbocycles. The van der Waals surface area contributed by atoms with Crippen molar-refractivity contribution in [2.24, 2.45) is 0 Å². The number of fused-ring (bicyclic) bond motifs is 1. The zero-order chi connectivity index (χ0) is 16.9. The lowest BCUT2D eigenvalue weighted by molar-refractivity contribution is -0.117. The van der Waals surface area contributed by atoms with Crippen LogP contribution in [0, 0.1) is 0 Å². The fraction of sp³-hybridized carbons (Fsp3) is 0.105. The number of pyridine rings is 1. The summed E-state index contributed by atoms with van der Waals surface area (Å²) in [5.74, 6) is -0.578. The van der Waals surface area contributed by atoms with E-state index in [9.17, 15) is 9.59 Å². The van der Waals surface area contributed by atoms with Crippen molar-refractivity contribution in [2.45, 2.75) is 13.0 Å². The molecule has 5 nitrogen and oxygen atoms in total. The summed E-state index contributed by atoms with van der Waals surface area (Å²) in [6, 6.07) is 17.6. The summed E-state index contributed by atoms with van der Waals surface area (Å²) in [4.78, 5) is 28.6. The molecule has 0 saturated carbocycles. The highest BCUT2D eigenvalue weighted by Crippen LogP contribution is 2.16. The van der Waals surface area contributed by atoms with Crippen LogP contribution in [0.25, 0.3) is 10.9 Å². The number of rotatable bonds is 4. The molecule has 120 valence electrons. The predicted molar refractivity (Wildman–Crippen MR) is 93.7 cm³/mol. The van der Waals surface area contributed by atoms with E-state index in [0.717, 1.165) is 10.9 Å². The molecule has 5 heteroatoms. The molecule has 0 fully saturated rings. The third kappa shape index (κ3) is 3.57. The van der Waals surface area contributed by atoms with Crippen molar-refractivity contribution in [3.63, 3.8) is 0 Å². The molecule has 0 aliphatic rings. The van der Waals surface area contributed by atoms with E-state index in [2.05, 4.69) is 15.6 Å². The number of carbonyl (C=O) groups excluding carboxylic acids is 2. The molecule has 3 rings (SSSR count). The van der Waals surface area contributed by atoms with E-state index in [0.29, 0.717) is 11.3 Å². The van der Waals surface area contributed by atoms with E-state index in [-0.39, 0.29) is 11.8 Å². The predicted octanol–water partition coefficient (Wildman–Crippen LogP) is 2.99. The van der Waals surface area contributed by atoms with Gasteiger partial charge in [0.05, 0.1) is 17.4 Å². The summed E-state index contributed by atoms with van der Waals surface area (Å²) in [6.07, 6.45) is 1.60. The normalized spacial score (nSPS) is 11.7. The summed E-state index contributed by atoms with van der Waals surface area (Å²) >= 11 is 0. The Bertz CT molecular complexity index is 878. The molecule has 0 spiro atoms. The molecule has 1 aromatic heterocycles. The lowest BCUT2D eigenvalue weighted by Crippen LogP contribution is -2.41. The van der Waals surface area contributed by atoms with Crippen molar-refractivity contribution in [3.05, 3.63) is 72.4 Å². The first kappa shape index (κ1) is 15.7. The third-order valence-corrected chi connectivity index (χ3v) is 3.63. The molecule has 0 bridgehead atoms. The van der Waals surface area contributed by atoms with E-state index >= 15 is 0 Å². The minimum atomic E-state index is -0.663. The number of hydrogen-bond donors (Lipinski definition) is 2. The van der Waals surface area contributed by atoms with Crippen molar-refractivity contribution in [3.8, 4) is 0 Å². The second-order valence-corrected chi connectivity index (χ2v) is 5.47. The smallest absolute Gasteiger partial charge is 0.251 e. The first-order chi connectivity index (χ1) is 11.6. The van der Waals surface area contributed by atoms with E-state index in [1.165, 1.54) is 0 Å². The van der Waals surface area contributed by atoms with Gasteiger partial charge in [-0.05, 0) is 31.2 Å². The van der Waals surface area contributed by atoms with Crippen molar-refractivity contribution >= 4 is 28.4 Å². The number of para-hydroxylation sites is 1. The zero-order valence-electron chi connectivity index (χ0n) is 13.2. The van der Waals surface area contributed by atoms with Crippen LogP contribution >= 0.6 is 0 Å². The molecule has 0 aliphatic heterocycles. The van der Waals surface area contributed by atoms with Gasteiger partial charge < -0.3 is 10.6 Å². The minimum absolute atomic E-state index is 0.283. The lowest BCUT2D eigenvalue weighted by atomic mass is 10.2. The number of anilines is 1. The molecule has 1 heterocycles. The third-order valence-electron chi connectivity index (χ3n) is 3.63. The standard InChI is InChI=1S/C19H17N3O2/c1-13(21-19(24)14-7-3-2-4-8-14)18(23)22-16-11-15-9-5-6-10-17(15)20-12-16/h2-13H,1H3,(H,21,24)(H,22,23). The number of amides is 2. The van der Waals surface area contributed by atoms with Gasteiger partial charge >= 0.3 is 0 Å². The average Bonchev–Trinajstić information content (AvgIpc) is 2.62. The highest BCUT2D eigenvalue weighted by atomic mass is 16.2. The van der Waals surface area contributed by atoms with Crippen LogP contribution in [0.5, 0.6) is 0 Å². The molecule has 0 radical (unpaired) electrons. The van der Waals surface area contributed by atoms with Gasteiger partial charge in [0.15, 0.2) is 0 Å². The summed E-state index contributed by atoms with van der Waals surface area (Å²) in [7, 11) is 0. The van der Waals surface area contributed by atoms with Crippen LogP contribution in [-0.4, -0.2) is 22.8 Å². The molecule has 1 atom stereocenters. The lowest BCUT2D eigenvalue weighted by Gasteiger charge is -2.14. The number of hydrogen-bond acceptors (Lipinski definition) is 3. The highest BCUT2D eigenvalue weighted by molar-refractivity contribution is 6.01. The second-order valence-electron chi connectivity index (χ2n) is 5.47. The summed E-state index contributed by atoms with van der Waals surface area (Å²) in [5, 5.41) is 6.40. The highest BCUT2D eigenvalue weighted by Gasteiger charge is 2.16. The van der Waals surface area contributed by atoms with Gasteiger partial charge in [-0.1, -0.05) is 36.4 Å². The van der Waals surface area contributed by atoms with Gasteiger partial charge in [-0.25, -0.2) is 0 Å². The zero-order valence-corrected chi connectivity index (χ0v) is 13.2. The maximum atomic E-state index is 12.3. The Morgan fingerprint density at radius 1 is 1.00 bits per heavy atom. The number of aromatic nitrogens is 1. The van der Waals surface area contributed by atoms with Gasteiger partial charge in [0, 0.05) is 10.9 Å². The average molecular weight is 319 g/mol. The number of benzene rings is 2. The Balaban J connectivity index is 1.66. The second kappa shape index (κ2) is 6.91. The van der Waals surface area contributed by atoms with Crippen LogP contribution in [0.1, 0.15) is 17.3 Å². The molecule has 3 aromatic rings. The molecule has 2 amide bonds. The number of nitrogens with zero attached hydrogens (tertiary/aromatic N) is 1. The molecule has 0 saturated heterocycles. The van der Waals surface area contributed by atoms with Crippen LogP contribution in [-0.2, 0) is 4.79 Å². The van der Waals surface area contributed by atoms with Gasteiger partial charge in [0.2, 0.25) is 5.91 Å². The summed E-state index contributed by atoms with van der Waals surface area (Å²) in [6.45, 7) is 1.64. The van der Waals surface area contributed by atoms with E-state index in [1.807, 2.05) is 36.4 Å². The fourth-order valence-corrected chi connectivity index (χ4v) is 2.32. The maximum Gasteiger partial charge on any atom is 0.251 e. The SMILES string of the molecule is CC(NC(=O)c1ccccc1)C(=O)Nc1cnc2ccccc2c1. The van der Waals surface area contributed by atoms with Crippen molar-refractivity contribution in [2.75, 3.05) is 5.32 Å². The van der Waals surface area contributed by atoms with Crippen LogP contribution in [0.2, 0.25) is 0 Å². The first-order valence-electron chi connectivity index (χ1n) is 7.65. The Kier molecular flexibility index (Phi) is 4.52. The van der Waals surface area contributed by atoms with Crippen molar-refractivity contribution in [1.82, 2.24) is 10.3 Å². The molecule has 2 N–H and O–H groups in total. The van der Waals surface area contributed by atoms with E-state index in [4.69, 9.17) is 0 Å². The monoisotopic (exact) mass is 319 g/mol. The molecular formula is C19H17N3O2. The molecule has 24 heavy (non-hydrogen) atoms. The van der Waals surface area contributed by atoms with Crippen LogP contribution in [0.4, 0.5) is 5.69 Å². The van der Waals surface area contributed by atoms with E-state index < -0.39 is 6.04 Å². The van der Waals surface area contributed by atoms with Crippen LogP contribution < -0.4 is 10.6 Å². The van der Waals surface area contributed by atoms with Crippen LogP contribution in [0.3, 0.4) is 0 Å². The van der Waals surface area contributed by atoms with Crippen molar-refractivity contribution in [1.29, 1.82) is 0 Å². The topological polar surface area (TPSA) is 71.1 Å². The molecule has 1 unspecified atom stereocenters. The number of carbonyl (C=O) groups is 2. The molecular weight excluding hydrogens is 302 g/mol. The van der Waals surface area contributed by atoms with Crippen LogP contribution in [0.15, 0.2) is 66.9 Å². The number of nitrogens with one attached hydrogen (secondary N) is 2. The maximum absolute atomic E-state index is 12.3. The Labute approximate surface area is 139 Å². The molecule has 0 aliphatic carbocycles. The largest absolute Gasteiger partial charge is 0.341 e. The van der Waals surface area contributed by atoms with Gasteiger partial charge in [-0.15, -0.1) is 0 Å². The first-order valence-corrected chi connectivity index (χ1v) is 7.65. The Morgan fingerprint density at radius 3 is 2.50 bits per heavy atom. The quantitative estimate of drug-likeness (QED) is 0.776. The van der Waals surface area contributed by atoms with Crippen molar-refractivity contribution < 1.29 is 9.59 Å². The van der Waals surface area contributed by atoms with Gasteiger partial charge in [-0.3, -0.25) is 14.6 Å². The van der Waals surface area contributed by atoms with E-state index in [1.54, 1.807) is 37.4 Å². The minimum Gasteiger partial charge on any atom is -0.341 e. The Hall–Kier alpha value is -3.21. The Morgan fingerprint density at radius 2 is 1.71 bits per heavy atom. The van der Waals surface area contributed by atoms with Gasteiger partial charge in [0.1, 0.15) is 6.04 Å². The fourth-order valence-electron chi connectivity index (χ4n) is 2.32.